The van der Waals surface area contributed by atoms with E-state index in [2.05, 4.69) is 35.7 Å². The fourth-order valence-corrected chi connectivity index (χ4v) is 1.81. The predicted molar refractivity (Wildman–Crippen MR) is 62.8 cm³/mol. The predicted octanol–water partition coefficient (Wildman–Crippen LogP) is 2.27. The maximum Gasteiger partial charge on any atom is 0.314 e. The summed E-state index contributed by atoms with van der Waals surface area (Å²) in [7, 11) is 0. The molecule has 0 aliphatic heterocycles. The smallest absolute Gasteiger partial charge is 0.314 e. The van der Waals surface area contributed by atoms with Gasteiger partial charge in [0.15, 0.2) is 0 Å². The summed E-state index contributed by atoms with van der Waals surface area (Å²) in [5.74, 6) is 0. The van der Waals surface area contributed by atoms with Crippen LogP contribution < -0.4 is 0 Å². The van der Waals surface area contributed by atoms with E-state index in [0.29, 0.717) is 11.8 Å². The molecule has 0 saturated carbocycles. The van der Waals surface area contributed by atoms with Gasteiger partial charge < -0.3 is 5.53 Å². The van der Waals surface area contributed by atoms with Crippen LogP contribution in [0.1, 0.15) is 26.7 Å². The molecule has 0 unspecified atom stereocenters. The van der Waals surface area contributed by atoms with Gasteiger partial charge in [-0.3, -0.25) is 4.90 Å². The fourth-order valence-electron chi connectivity index (χ4n) is 1.81. The summed E-state index contributed by atoms with van der Waals surface area (Å²) in [5.41, 5.74) is 9.22. The molecule has 1 aliphatic carbocycles. The van der Waals surface area contributed by atoms with Gasteiger partial charge in [0.25, 0.3) is 0 Å². The summed E-state index contributed by atoms with van der Waals surface area (Å²) in [6, 6.07) is 0.357. The minimum atomic E-state index is 0.357. The van der Waals surface area contributed by atoms with Crippen molar-refractivity contribution in [2.24, 2.45) is 0 Å². The largest absolute Gasteiger partial charge is 0.361 e. The molecule has 1 aliphatic rings. The van der Waals surface area contributed by atoms with Gasteiger partial charge in [0.2, 0.25) is 0 Å². The Hall–Kier alpha value is -1.18. The topological polar surface area (TPSA) is 39.6 Å². The van der Waals surface area contributed by atoms with Crippen molar-refractivity contribution < 1.29 is 4.79 Å². The van der Waals surface area contributed by atoms with Gasteiger partial charge in [0.1, 0.15) is 0 Å². The van der Waals surface area contributed by atoms with Gasteiger partial charge in [-0.1, -0.05) is 26.0 Å². The normalized spacial score (nSPS) is 19.7. The summed E-state index contributed by atoms with van der Waals surface area (Å²) >= 11 is 0. The zero-order valence-corrected chi connectivity index (χ0v) is 9.56. The Kier molecular flexibility index (Phi) is 5.02. The number of nitrogens with zero attached hydrogens (tertiary/aromatic N) is 3. The van der Waals surface area contributed by atoms with Crippen molar-refractivity contribution in [3.8, 4) is 0 Å². The van der Waals surface area contributed by atoms with Crippen LogP contribution >= 0.6 is 0 Å². The van der Waals surface area contributed by atoms with Crippen molar-refractivity contribution in [1.29, 1.82) is 0 Å². The SMILES string of the molecule is CCCN(CCC)C1C=CC(=[N+]=[N-])C=C1. The van der Waals surface area contributed by atoms with E-state index in [1.54, 1.807) is 0 Å². The molecule has 0 bridgehead atoms. The molecule has 0 spiro atoms. The molecular weight excluding hydrogens is 186 g/mol. The first-order chi connectivity index (χ1) is 7.31. The van der Waals surface area contributed by atoms with E-state index in [1.807, 2.05) is 12.2 Å². The molecule has 3 heteroatoms. The number of rotatable bonds is 5. The molecule has 0 aromatic carbocycles. The number of allylic oxidation sites excluding steroid dienone is 2. The molecular formula is C12H19N3. The number of hydrogen-bond donors (Lipinski definition) is 0. The van der Waals surface area contributed by atoms with Gasteiger partial charge in [-0.05, 0) is 25.9 Å². The Morgan fingerprint density at radius 2 is 1.73 bits per heavy atom. The van der Waals surface area contributed by atoms with Gasteiger partial charge in [-0.25, -0.2) is 0 Å². The quantitative estimate of drug-likeness (QED) is 0.501. The van der Waals surface area contributed by atoms with Crippen LogP contribution in [0.2, 0.25) is 0 Å². The molecule has 0 aromatic rings. The first-order valence-corrected chi connectivity index (χ1v) is 5.64. The Labute approximate surface area is 91.7 Å². The third-order valence-corrected chi connectivity index (χ3v) is 2.49. The van der Waals surface area contributed by atoms with Crippen molar-refractivity contribution in [1.82, 2.24) is 4.90 Å². The highest BCUT2D eigenvalue weighted by Gasteiger charge is 2.15. The molecule has 0 radical (unpaired) electrons. The summed E-state index contributed by atoms with van der Waals surface area (Å²) in [6.45, 7) is 6.61. The maximum atomic E-state index is 8.59. The second-order valence-corrected chi connectivity index (χ2v) is 3.77. The van der Waals surface area contributed by atoms with Gasteiger partial charge in [-0.15, -0.1) is 0 Å². The van der Waals surface area contributed by atoms with Crippen LogP contribution in [0.15, 0.2) is 24.3 Å². The summed E-state index contributed by atoms with van der Waals surface area (Å²) in [5, 5.41) is 0. The van der Waals surface area contributed by atoms with Gasteiger partial charge >= 0.3 is 5.71 Å². The lowest BCUT2D eigenvalue weighted by molar-refractivity contribution is -0.00174. The Morgan fingerprint density at radius 1 is 1.20 bits per heavy atom. The van der Waals surface area contributed by atoms with Crippen molar-refractivity contribution >= 4 is 5.71 Å². The molecule has 15 heavy (non-hydrogen) atoms. The Balaban J connectivity index is 2.63. The molecule has 0 aromatic heterocycles. The summed E-state index contributed by atoms with van der Waals surface area (Å²) in [4.78, 5) is 5.59. The van der Waals surface area contributed by atoms with Gasteiger partial charge in [0, 0.05) is 18.2 Å². The molecule has 0 saturated heterocycles. The van der Waals surface area contributed by atoms with E-state index in [4.69, 9.17) is 5.53 Å². The van der Waals surface area contributed by atoms with E-state index >= 15 is 0 Å². The molecule has 0 amide bonds. The standard InChI is InChI=1S/C12H19N3/c1-3-9-15(10-4-2)12-7-5-11(14-13)6-8-12/h5-8,12H,3-4,9-10H2,1-2H3. The van der Waals surface area contributed by atoms with E-state index in [-0.39, 0.29) is 0 Å². The highest BCUT2D eigenvalue weighted by Crippen LogP contribution is 2.09. The van der Waals surface area contributed by atoms with Crippen LogP contribution in [0, 0.1) is 0 Å². The lowest BCUT2D eigenvalue weighted by Gasteiger charge is -2.27. The van der Waals surface area contributed by atoms with E-state index in [9.17, 15) is 0 Å². The first kappa shape index (κ1) is 11.9. The minimum Gasteiger partial charge on any atom is -0.361 e. The van der Waals surface area contributed by atoms with Crippen molar-refractivity contribution in [3.63, 3.8) is 0 Å². The summed E-state index contributed by atoms with van der Waals surface area (Å²) in [6.07, 6.45) is 10.2. The van der Waals surface area contributed by atoms with E-state index < -0.39 is 0 Å². The molecule has 1 rings (SSSR count). The highest BCUT2D eigenvalue weighted by molar-refractivity contribution is 6.00. The van der Waals surface area contributed by atoms with Crippen LogP contribution in [-0.4, -0.2) is 34.5 Å². The highest BCUT2D eigenvalue weighted by atomic mass is 15.1. The van der Waals surface area contributed by atoms with Crippen LogP contribution in [0.4, 0.5) is 0 Å². The summed E-state index contributed by atoms with van der Waals surface area (Å²) < 4.78 is 0. The van der Waals surface area contributed by atoms with Crippen molar-refractivity contribution in [2.75, 3.05) is 13.1 Å². The lowest BCUT2D eigenvalue weighted by atomic mass is 10.1. The molecule has 0 heterocycles. The fraction of sp³-hybridized carbons (Fsp3) is 0.583. The average Bonchev–Trinajstić information content (AvgIpc) is 2.29. The first-order valence-electron chi connectivity index (χ1n) is 5.64. The second kappa shape index (κ2) is 6.33. The van der Waals surface area contributed by atoms with Crippen LogP contribution in [-0.2, 0) is 0 Å². The number of hydrogen-bond acceptors (Lipinski definition) is 1. The van der Waals surface area contributed by atoms with Crippen LogP contribution in [0.3, 0.4) is 0 Å². The third-order valence-electron chi connectivity index (χ3n) is 2.49. The van der Waals surface area contributed by atoms with E-state index in [0.717, 1.165) is 13.1 Å². The van der Waals surface area contributed by atoms with Crippen LogP contribution in [0.5, 0.6) is 0 Å². The zero-order valence-electron chi connectivity index (χ0n) is 9.56. The minimum absolute atomic E-state index is 0.357. The van der Waals surface area contributed by atoms with Crippen molar-refractivity contribution in [2.45, 2.75) is 32.7 Å². The second-order valence-electron chi connectivity index (χ2n) is 3.77. The third kappa shape index (κ3) is 3.46. The van der Waals surface area contributed by atoms with Crippen molar-refractivity contribution in [3.05, 3.63) is 29.8 Å². The molecule has 3 nitrogen and oxygen atoms in total. The zero-order chi connectivity index (χ0) is 11.1. The Bertz CT molecular complexity index is 276. The molecule has 82 valence electrons. The molecule has 0 N–H and O–H groups in total. The molecule has 0 fully saturated rings. The monoisotopic (exact) mass is 205 g/mol. The van der Waals surface area contributed by atoms with E-state index in [1.165, 1.54) is 12.8 Å². The van der Waals surface area contributed by atoms with Crippen LogP contribution in [0.25, 0.3) is 5.53 Å². The average molecular weight is 205 g/mol. The molecule has 0 atom stereocenters. The van der Waals surface area contributed by atoms with Gasteiger partial charge in [-0.2, -0.15) is 4.79 Å². The Morgan fingerprint density at radius 3 is 2.13 bits per heavy atom. The maximum absolute atomic E-state index is 8.59. The van der Waals surface area contributed by atoms with Gasteiger partial charge in [0.05, 0.1) is 0 Å². The lowest BCUT2D eigenvalue weighted by Crippen LogP contribution is -2.35.